The molecule has 0 aliphatic rings. The summed E-state index contributed by atoms with van der Waals surface area (Å²) in [5, 5.41) is 11.2. The van der Waals surface area contributed by atoms with E-state index in [2.05, 4.69) is 5.32 Å². The standard InChI is InChI=1S/C10H20N2O3/c1-8(4-2-6-10(14)15)12-9(13)5-3-7-11/h8H,2-7,11H2,1H3,(H,12,13)(H,14,15). The predicted molar refractivity (Wildman–Crippen MR) is 57.4 cm³/mol. The molecule has 5 nitrogen and oxygen atoms in total. The Hall–Kier alpha value is -1.10. The molecule has 0 aromatic carbocycles. The Kier molecular flexibility index (Phi) is 7.62. The molecule has 5 heteroatoms. The zero-order valence-corrected chi connectivity index (χ0v) is 9.16. The molecule has 88 valence electrons. The van der Waals surface area contributed by atoms with Crippen LogP contribution in [0.5, 0.6) is 0 Å². The highest BCUT2D eigenvalue weighted by Gasteiger charge is 2.07. The van der Waals surface area contributed by atoms with Crippen molar-refractivity contribution in [3.63, 3.8) is 0 Å². The van der Waals surface area contributed by atoms with Gasteiger partial charge in [-0.1, -0.05) is 0 Å². The summed E-state index contributed by atoms with van der Waals surface area (Å²) in [7, 11) is 0. The fraction of sp³-hybridized carbons (Fsp3) is 0.800. The Balaban J connectivity index is 3.50. The third-order valence-corrected chi connectivity index (χ3v) is 2.04. The summed E-state index contributed by atoms with van der Waals surface area (Å²) in [6.07, 6.45) is 2.57. The van der Waals surface area contributed by atoms with Gasteiger partial charge in [-0.25, -0.2) is 0 Å². The highest BCUT2D eigenvalue weighted by molar-refractivity contribution is 5.76. The van der Waals surface area contributed by atoms with E-state index < -0.39 is 5.97 Å². The molecule has 0 spiro atoms. The van der Waals surface area contributed by atoms with E-state index >= 15 is 0 Å². The van der Waals surface area contributed by atoms with E-state index in [1.54, 1.807) is 0 Å². The fourth-order valence-electron chi connectivity index (χ4n) is 1.24. The second-order valence-corrected chi connectivity index (χ2v) is 3.65. The van der Waals surface area contributed by atoms with Crippen molar-refractivity contribution in [3.05, 3.63) is 0 Å². The van der Waals surface area contributed by atoms with Gasteiger partial charge in [0.1, 0.15) is 0 Å². The minimum atomic E-state index is -0.795. The predicted octanol–water partition coefficient (Wildman–Crippen LogP) is 0.485. The van der Waals surface area contributed by atoms with Crippen LogP contribution in [-0.4, -0.2) is 29.6 Å². The maximum absolute atomic E-state index is 11.2. The van der Waals surface area contributed by atoms with Gasteiger partial charge in [0, 0.05) is 18.9 Å². The summed E-state index contributed by atoms with van der Waals surface area (Å²) < 4.78 is 0. The second-order valence-electron chi connectivity index (χ2n) is 3.65. The van der Waals surface area contributed by atoms with E-state index in [9.17, 15) is 9.59 Å². The molecule has 0 aliphatic heterocycles. The van der Waals surface area contributed by atoms with Crippen molar-refractivity contribution in [1.82, 2.24) is 5.32 Å². The highest BCUT2D eigenvalue weighted by atomic mass is 16.4. The van der Waals surface area contributed by atoms with Crippen LogP contribution in [-0.2, 0) is 9.59 Å². The summed E-state index contributed by atoms with van der Waals surface area (Å²) >= 11 is 0. The molecule has 15 heavy (non-hydrogen) atoms. The van der Waals surface area contributed by atoms with Gasteiger partial charge in [-0.2, -0.15) is 0 Å². The van der Waals surface area contributed by atoms with E-state index in [1.807, 2.05) is 6.92 Å². The van der Waals surface area contributed by atoms with Crippen LogP contribution in [0.2, 0.25) is 0 Å². The Bertz CT molecular complexity index is 207. The third kappa shape index (κ3) is 9.21. The monoisotopic (exact) mass is 216 g/mol. The van der Waals surface area contributed by atoms with Crippen LogP contribution >= 0.6 is 0 Å². The molecular formula is C10H20N2O3. The lowest BCUT2D eigenvalue weighted by Crippen LogP contribution is -2.32. The Morgan fingerprint density at radius 1 is 1.33 bits per heavy atom. The van der Waals surface area contributed by atoms with Crippen molar-refractivity contribution in [1.29, 1.82) is 0 Å². The van der Waals surface area contributed by atoms with Gasteiger partial charge in [-0.05, 0) is 32.7 Å². The van der Waals surface area contributed by atoms with Gasteiger partial charge in [-0.15, -0.1) is 0 Å². The Morgan fingerprint density at radius 2 is 2.00 bits per heavy atom. The first-order chi connectivity index (χ1) is 7.06. The van der Waals surface area contributed by atoms with Gasteiger partial charge in [0.2, 0.25) is 5.91 Å². The number of hydrogen-bond acceptors (Lipinski definition) is 3. The molecule has 0 aliphatic carbocycles. The molecule has 0 aromatic heterocycles. The van der Waals surface area contributed by atoms with Crippen molar-refractivity contribution in [2.24, 2.45) is 5.73 Å². The first kappa shape index (κ1) is 13.9. The third-order valence-electron chi connectivity index (χ3n) is 2.04. The Labute approximate surface area is 90.0 Å². The number of nitrogens with one attached hydrogen (secondary N) is 1. The van der Waals surface area contributed by atoms with Crippen LogP contribution in [0.3, 0.4) is 0 Å². The lowest BCUT2D eigenvalue weighted by molar-refractivity contribution is -0.137. The van der Waals surface area contributed by atoms with Crippen molar-refractivity contribution in [2.75, 3.05) is 6.54 Å². The lowest BCUT2D eigenvalue weighted by Gasteiger charge is -2.12. The van der Waals surface area contributed by atoms with Gasteiger partial charge in [-0.3, -0.25) is 9.59 Å². The number of carboxylic acids is 1. The molecule has 0 fully saturated rings. The fourth-order valence-corrected chi connectivity index (χ4v) is 1.24. The zero-order chi connectivity index (χ0) is 11.7. The van der Waals surface area contributed by atoms with E-state index in [4.69, 9.17) is 10.8 Å². The number of rotatable bonds is 8. The largest absolute Gasteiger partial charge is 0.481 e. The minimum Gasteiger partial charge on any atom is -0.481 e. The van der Waals surface area contributed by atoms with E-state index in [0.717, 1.165) is 0 Å². The molecule has 0 saturated carbocycles. The number of carboxylic acid groups (broad SMARTS) is 1. The number of nitrogens with two attached hydrogens (primary N) is 1. The molecule has 0 heterocycles. The summed E-state index contributed by atoms with van der Waals surface area (Å²) in [6.45, 7) is 2.39. The summed E-state index contributed by atoms with van der Waals surface area (Å²) in [5.41, 5.74) is 5.28. The second kappa shape index (κ2) is 8.23. The molecule has 4 N–H and O–H groups in total. The molecule has 0 radical (unpaired) electrons. The summed E-state index contributed by atoms with van der Waals surface area (Å²) in [6, 6.07) is 0.0367. The molecule has 0 rings (SSSR count). The van der Waals surface area contributed by atoms with Crippen molar-refractivity contribution < 1.29 is 14.7 Å². The summed E-state index contributed by atoms with van der Waals surface area (Å²) in [5.74, 6) is -0.806. The lowest BCUT2D eigenvalue weighted by atomic mass is 10.1. The van der Waals surface area contributed by atoms with Crippen LogP contribution in [0, 0.1) is 0 Å². The maximum Gasteiger partial charge on any atom is 0.303 e. The smallest absolute Gasteiger partial charge is 0.303 e. The number of aliphatic carboxylic acids is 1. The molecule has 1 unspecified atom stereocenters. The topological polar surface area (TPSA) is 92.4 Å². The maximum atomic E-state index is 11.2. The van der Waals surface area contributed by atoms with E-state index in [0.29, 0.717) is 32.2 Å². The van der Waals surface area contributed by atoms with Crippen molar-refractivity contribution in [2.45, 2.75) is 45.1 Å². The van der Waals surface area contributed by atoms with Crippen LogP contribution in [0.4, 0.5) is 0 Å². The van der Waals surface area contributed by atoms with Gasteiger partial charge >= 0.3 is 5.97 Å². The average Bonchev–Trinajstić information content (AvgIpc) is 2.14. The SMILES string of the molecule is CC(CCCC(=O)O)NC(=O)CCCN. The molecule has 0 aromatic rings. The van der Waals surface area contributed by atoms with Crippen LogP contribution in [0.1, 0.15) is 39.0 Å². The van der Waals surface area contributed by atoms with Crippen LogP contribution in [0.15, 0.2) is 0 Å². The van der Waals surface area contributed by atoms with Gasteiger partial charge in [0.05, 0.1) is 0 Å². The highest BCUT2D eigenvalue weighted by Crippen LogP contribution is 2.01. The number of carbonyl (C=O) groups is 2. The molecular weight excluding hydrogens is 196 g/mol. The van der Waals surface area contributed by atoms with Gasteiger partial charge in [0.15, 0.2) is 0 Å². The summed E-state index contributed by atoms with van der Waals surface area (Å²) in [4.78, 5) is 21.5. The molecule has 0 bridgehead atoms. The average molecular weight is 216 g/mol. The zero-order valence-electron chi connectivity index (χ0n) is 9.16. The first-order valence-corrected chi connectivity index (χ1v) is 5.27. The van der Waals surface area contributed by atoms with Gasteiger partial charge < -0.3 is 16.2 Å². The quantitative estimate of drug-likeness (QED) is 0.550. The molecule has 1 amide bonds. The van der Waals surface area contributed by atoms with E-state index in [-0.39, 0.29) is 18.4 Å². The van der Waals surface area contributed by atoms with Crippen molar-refractivity contribution in [3.8, 4) is 0 Å². The number of amides is 1. The number of carbonyl (C=O) groups excluding carboxylic acids is 1. The first-order valence-electron chi connectivity index (χ1n) is 5.27. The normalized spacial score (nSPS) is 12.1. The van der Waals surface area contributed by atoms with Crippen molar-refractivity contribution >= 4 is 11.9 Å². The minimum absolute atomic E-state index is 0.0109. The van der Waals surface area contributed by atoms with Crippen LogP contribution < -0.4 is 11.1 Å². The number of hydrogen-bond donors (Lipinski definition) is 3. The van der Waals surface area contributed by atoms with E-state index in [1.165, 1.54) is 0 Å². The molecule has 1 atom stereocenters. The van der Waals surface area contributed by atoms with Gasteiger partial charge in [0.25, 0.3) is 0 Å². The van der Waals surface area contributed by atoms with Crippen LogP contribution in [0.25, 0.3) is 0 Å². The molecule has 0 saturated heterocycles. The Morgan fingerprint density at radius 3 is 2.53 bits per heavy atom.